The lowest BCUT2D eigenvalue weighted by Gasteiger charge is -2.14. The van der Waals surface area contributed by atoms with Crippen molar-refractivity contribution in [3.8, 4) is 22.6 Å². The highest BCUT2D eigenvalue weighted by Crippen LogP contribution is 2.36. The van der Waals surface area contributed by atoms with Gasteiger partial charge in [-0.3, -0.25) is 9.89 Å². The van der Waals surface area contributed by atoms with E-state index in [1.165, 1.54) is 0 Å². The van der Waals surface area contributed by atoms with Crippen LogP contribution >= 0.6 is 0 Å². The highest BCUT2D eigenvalue weighted by Gasteiger charge is 2.18. The van der Waals surface area contributed by atoms with Crippen molar-refractivity contribution in [2.24, 2.45) is 0 Å². The van der Waals surface area contributed by atoms with Crippen LogP contribution in [-0.2, 0) is 4.79 Å². The van der Waals surface area contributed by atoms with E-state index in [0.717, 1.165) is 22.4 Å². The summed E-state index contributed by atoms with van der Waals surface area (Å²) in [5.41, 5.74) is 3.76. The SMILES string of the molecule is CCOc1ccc(-c2c(NC(=O)CC(C)c3ccccc3)n[nH]c2C)cc1OCC. The summed E-state index contributed by atoms with van der Waals surface area (Å²) in [6.07, 6.45) is 0.378. The van der Waals surface area contributed by atoms with Crippen molar-refractivity contribution in [3.63, 3.8) is 0 Å². The lowest BCUT2D eigenvalue weighted by atomic mass is 9.97. The Hall–Kier alpha value is -3.28. The van der Waals surface area contributed by atoms with Gasteiger partial charge in [0.2, 0.25) is 5.91 Å². The van der Waals surface area contributed by atoms with Crippen LogP contribution in [0.1, 0.15) is 44.4 Å². The number of ether oxygens (including phenoxy) is 2. The summed E-state index contributed by atoms with van der Waals surface area (Å²) in [5, 5.41) is 10.3. The monoisotopic (exact) mass is 407 g/mol. The Kier molecular flexibility index (Phi) is 7.12. The zero-order valence-electron chi connectivity index (χ0n) is 18.0. The van der Waals surface area contributed by atoms with E-state index in [2.05, 4.69) is 15.5 Å². The number of aromatic nitrogens is 2. The molecule has 0 fully saturated rings. The molecule has 158 valence electrons. The number of carbonyl (C=O) groups excluding carboxylic acids is 1. The third kappa shape index (κ3) is 5.00. The fraction of sp³-hybridized carbons (Fsp3) is 0.333. The minimum atomic E-state index is -0.0740. The molecule has 1 amide bonds. The predicted octanol–water partition coefficient (Wildman–Crippen LogP) is 5.31. The topological polar surface area (TPSA) is 76.2 Å². The van der Waals surface area contributed by atoms with E-state index in [0.29, 0.717) is 37.0 Å². The Morgan fingerprint density at radius 2 is 1.77 bits per heavy atom. The first kappa shape index (κ1) is 21.4. The number of nitrogens with one attached hydrogen (secondary N) is 2. The fourth-order valence-corrected chi connectivity index (χ4v) is 3.44. The molecule has 6 heteroatoms. The number of nitrogens with zero attached hydrogens (tertiary/aromatic N) is 1. The third-order valence-corrected chi connectivity index (χ3v) is 4.90. The van der Waals surface area contributed by atoms with Crippen LogP contribution in [0.25, 0.3) is 11.1 Å². The molecule has 3 rings (SSSR count). The van der Waals surface area contributed by atoms with Gasteiger partial charge >= 0.3 is 0 Å². The number of hydrogen-bond acceptors (Lipinski definition) is 4. The summed E-state index contributed by atoms with van der Waals surface area (Å²) in [7, 11) is 0. The number of H-pyrrole nitrogens is 1. The van der Waals surface area contributed by atoms with E-state index in [1.54, 1.807) is 0 Å². The minimum absolute atomic E-state index is 0.0740. The molecule has 0 aliphatic rings. The highest BCUT2D eigenvalue weighted by molar-refractivity contribution is 5.95. The summed E-state index contributed by atoms with van der Waals surface area (Å²) in [4.78, 5) is 12.7. The first-order chi connectivity index (χ1) is 14.5. The Bertz CT molecular complexity index is 983. The van der Waals surface area contributed by atoms with Gasteiger partial charge in [-0.2, -0.15) is 5.10 Å². The molecular weight excluding hydrogens is 378 g/mol. The minimum Gasteiger partial charge on any atom is -0.490 e. The molecule has 1 aromatic heterocycles. The normalized spacial score (nSPS) is 11.7. The molecule has 1 atom stereocenters. The van der Waals surface area contributed by atoms with Gasteiger partial charge in [0.15, 0.2) is 17.3 Å². The average molecular weight is 408 g/mol. The van der Waals surface area contributed by atoms with Crippen molar-refractivity contribution in [2.45, 2.75) is 40.0 Å². The number of rotatable bonds is 9. The van der Waals surface area contributed by atoms with Crippen molar-refractivity contribution in [1.29, 1.82) is 0 Å². The van der Waals surface area contributed by atoms with Crippen LogP contribution in [-0.4, -0.2) is 29.3 Å². The van der Waals surface area contributed by atoms with Crippen molar-refractivity contribution in [3.05, 3.63) is 59.8 Å². The van der Waals surface area contributed by atoms with E-state index >= 15 is 0 Å². The van der Waals surface area contributed by atoms with Crippen LogP contribution in [0.2, 0.25) is 0 Å². The smallest absolute Gasteiger partial charge is 0.226 e. The second-order valence-corrected chi connectivity index (χ2v) is 7.16. The maximum absolute atomic E-state index is 12.7. The van der Waals surface area contributed by atoms with E-state index in [4.69, 9.17) is 9.47 Å². The summed E-state index contributed by atoms with van der Waals surface area (Å²) < 4.78 is 11.4. The van der Waals surface area contributed by atoms with Gasteiger partial charge in [0.25, 0.3) is 0 Å². The highest BCUT2D eigenvalue weighted by atomic mass is 16.5. The van der Waals surface area contributed by atoms with Gasteiger partial charge in [-0.1, -0.05) is 43.3 Å². The Balaban J connectivity index is 1.81. The van der Waals surface area contributed by atoms with Gasteiger partial charge in [-0.25, -0.2) is 0 Å². The lowest BCUT2D eigenvalue weighted by Crippen LogP contribution is -2.15. The number of carbonyl (C=O) groups is 1. The molecule has 0 saturated carbocycles. The zero-order chi connectivity index (χ0) is 21.5. The molecule has 0 saturated heterocycles. The summed E-state index contributed by atoms with van der Waals surface area (Å²) >= 11 is 0. The van der Waals surface area contributed by atoms with Crippen molar-refractivity contribution in [2.75, 3.05) is 18.5 Å². The fourth-order valence-electron chi connectivity index (χ4n) is 3.44. The van der Waals surface area contributed by atoms with Gasteiger partial charge in [0, 0.05) is 17.7 Å². The number of anilines is 1. The molecule has 2 N–H and O–H groups in total. The molecular formula is C24H29N3O3. The summed E-state index contributed by atoms with van der Waals surface area (Å²) in [6, 6.07) is 15.8. The van der Waals surface area contributed by atoms with Gasteiger partial charge in [0.1, 0.15) is 0 Å². The first-order valence-corrected chi connectivity index (χ1v) is 10.3. The van der Waals surface area contributed by atoms with Gasteiger partial charge in [-0.15, -0.1) is 0 Å². The van der Waals surface area contributed by atoms with Gasteiger partial charge in [0.05, 0.1) is 13.2 Å². The summed E-state index contributed by atoms with van der Waals surface area (Å²) in [5.74, 6) is 1.93. The predicted molar refractivity (Wildman–Crippen MR) is 119 cm³/mol. The molecule has 3 aromatic rings. The van der Waals surface area contributed by atoms with Crippen molar-refractivity contribution < 1.29 is 14.3 Å². The maximum atomic E-state index is 12.7. The Labute approximate surface area is 177 Å². The molecule has 1 unspecified atom stereocenters. The van der Waals surface area contributed by atoms with Crippen LogP contribution in [0.15, 0.2) is 48.5 Å². The molecule has 0 aliphatic carbocycles. The molecule has 2 aromatic carbocycles. The van der Waals surface area contributed by atoms with Gasteiger partial charge < -0.3 is 14.8 Å². The van der Waals surface area contributed by atoms with E-state index in [9.17, 15) is 4.79 Å². The largest absolute Gasteiger partial charge is 0.490 e. The molecule has 0 aliphatic heterocycles. The van der Waals surface area contributed by atoms with E-state index < -0.39 is 0 Å². The van der Waals surface area contributed by atoms with Crippen LogP contribution < -0.4 is 14.8 Å². The number of aryl methyl sites for hydroxylation is 1. The van der Waals surface area contributed by atoms with Gasteiger partial charge in [-0.05, 0) is 49.9 Å². The molecule has 0 bridgehead atoms. The van der Waals surface area contributed by atoms with Crippen molar-refractivity contribution in [1.82, 2.24) is 10.2 Å². The Morgan fingerprint density at radius 1 is 1.07 bits per heavy atom. The quantitative estimate of drug-likeness (QED) is 0.504. The number of amides is 1. The number of benzene rings is 2. The number of hydrogen-bond donors (Lipinski definition) is 2. The molecule has 6 nitrogen and oxygen atoms in total. The molecule has 1 heterocycles. The van der Waals surface area contributed by atoms with Crippen LogP contribution in [0.3, 0.4) is 0 Å². The zero-order valence-corrected chi connectivity index (χ0v) is 18.0. The second-order valence-electron chi connectivity index (χ2n) is 7.16. The Morgan fingerprint density at radius 3 is 2.47 bits per heavy atom. The average Bonchev–Trinajstić information content (AvgIpc) is 3.10. The summed E-state index contributed by atoms with van der Waals surface area (Å²) in [6.45, 7) is 8.95. The third-order valence-electron chi connectivity index (χ3n) is 4.90. The second kappa shape index (κ2) is 9.96. The molecule has 0 spiro atoms. The number of aromatic amines is 1. The van der Waals surface area contributed by atoms with Crippen LogP contribution in [0, 0.1) is 6.92 Å². The van der Waals surface area contributed by atoms with Crippen LogP contribution in [0.4, 0.5) is 5.82 Å². The first-order valence-electron chi connectivity index (χ1n) is 10.3. The molecule has 0 radical (unpaired) electrons. The van der Waals surface area contributed by atoms with Crippen LogP contribution in [0.5, 0.6) is 11.5 Å². The molecule has 30 heavy (non-hydrogen) atoms. The lowest BCUT2D eigenvalue weighted by molar-refractivity contribution is -0.116. The van der Waals surface area contributed by atoms with E-state index in [1.807, 2.05) is 76.2 Å². The maximum Gasteiger partial charge on any atom is 0.226 e. The standard InChI is InChI=1S/C24H29N3O3/c1-5-29-20-13-12-19(15-21(20)30-6-2)23-17(4)26-27-24(23)25-22(28)14-16(3)18-10-8-7-9-11-18/h7-13,15-16H,5-6,14H2,1-4H3,(H2,25,26,27,28). The van der Waals surface area contributed by atoms with Crippen molar-refractivity contribution >= 4 is 11.7 Å². The van der Waals surface area contributed by atoms with E-state index in [-0.39, 0.29) is 11.8 Å².